The predicted octanol–water partition coefficient (Wildman–Crippen LogP) is 1.11. The van der Waals surface area contributed by atoms with Gasteiger partial charge >= 0.3 is 18.0 Å². The summed E-state index contributed by atoms with van der Waals surface area (Å²) in [5.74, 6) is -12.5. The van der Waals surface area contributed by atoms with Crippen molar-refractivity contribution >= 4 is 65.3 Å². The molecule has 0 unspecified atom stereocenters. The number of amides is 9. The summed E-state index contributed by atoms with van der Waals surface area (Å²) in [5.41, 5.74) is 6.42. The molecule has 0 saturated heterocycles. The Hall–Kier alpha value is -9.27. The lowest BCUT2D eigenvalue weighted by Gasteiger charge is -2.41. The number of primary amides is 1. The number of aliphatic hydroxyl groups is 1. The summed E-state index contributed by atoms with van der Waals surface area (Å²) < 4.78 is 36.9. The molecule has 27 heteroatoms. The lowest BCUT2D eigenvalue weighted by atomic mass is 9.82. The number of aliphatic carboxylic acids is 2. The molecule has 12 N–H and O–H groups in total. The number of ether oxygens (including phenoxy) is 1. The molecule has 4 rings (SSSR count). The molecule has 0 radical (unpaired) electrons. The summed E-state index contributed by atoms with van der Waals surface area (Å²) in [7, 11) is 0. The van der Waals surface area contributed by atoms with Crippen molar-refractivity contribution in [2.45, 2.75) is 103 Å². The number of nitrogens with zero attached hydrogens (tertiary/aromatic N) is 2. The van der Waals surface area contributed by atoms with Gasteiger partial charge in [-0.15, -0.1) is 0 Å². The number of carbonyl (C=O) groups excluding carboxylic acids is 9. The van der Waals surface area contributed by atoms with Crippen LogP contribution in [0.15, 0.2) is 91.1 Å². The van der Waals surface area contributed by atoms with Gasteiger partial charge in [0.05, 0.1) is 31.8 Å². The number of rotatable bonds is 31. The van der Waals surface area contributed by atoms with Crippen molar-refractivity contribution in [1.29, 1.82) is 0 Å². The molecule has 9 amide bonds. The topological polar surface area (TPSA) is 376 Å². The molecule has 4 aromatic rings. The summed E-state index contributed by atoms with van der Waals surface area (Å²) in [6.07, 6.45) is -2.87. The molecule has 25 nitrogen and oxygen atoms in total. The van der Waals surface area contributed by atoms with Gasteiger partial charge in [-0.2, -0.15) is 0 Å². The van der Waals surface area contributed by atoms with Crippen LogP contribution in [0.4, 0.5) is 13.6 Å². The zero-order chi connectivity index (χ0) is 60.7. The van der Waals surface area contributed by atoms with Gasteiger partial charge in [0.2, 0.25) is 47.3 Å². The number of carboxylic acids is 2. The number of alkyl carbamates (subject to hydrolysis) is 1. The SMILES string of the molecule is C[C@H](NC(=O)OCc1ccccc1)C(=O)N[C@@H](CC(=O)O)C(=O)N[C@@H](CC(N)=O)C(=O)N[C@@H](CCN(C(=O)CO)[C@@H](c1cc(-c2cc(F)ccc2F)cn1Cc1ccccc1)C(C)(C)C)C(=O)NCCNC(=O)CNC(=O)CCC(=O)O. The van der Waals surface area contributed by atoms with E-state index >= 15 is 4.39 Å². The number of aromatic nitrogens is 1. The van der Waals surface area contributed by atoms with E-state index in [0.29, 0.717) is 11.3 Å². The quantitative estimate of drug-likeness (QED) is 0.0315. The summed E-state index contributed by atoms with van der Waals surface area (Å²) in [5, 5.41) is 45.3. The van der Waals surface area contributed by atoms with Crippen LogP contribution in [0.1, 0.15) is 82.7 Å². The Morgan fingerprint density at radius 1 is 0.683 bits per heavy atom. The second kappa shape index (κ2) is 31.5. The first-order valence-corrected chi connectivity index (χ1v) is 25.8. The van der Waals surface area contributed by atoms with E-state index in [1.54, 1.807) is 86.1 Å². The standard InChI is InChI=1S/C55H68F2N10O15/c1-32(62-54(81)82-31-34-13-9-6-10-14-34)50(77)64-41(26-48(75)76)53(80)65-40(25-43(58)69)52(79)63-39(51(78)60-21-20-59-45(71)27-61-44(70)17-18-47(73)74)19-22-67(46(72)30-68)49(55(2,3)4)42-23-35(37-24-36(56)15-16-38(37)57)29-66(42)28-33-11-7-5-8-12-33/h5-16,23-24,29,32,39-41,49,68H,17-22,25-28,30-31H2,1-4H3,(H2,58,69)(H,59,71)(H,60,78)(H,61,70)(H,62,81)(H,63,79)(H,64,77)(H,65,80)(H,73,74)(H,75,76)/t32-,39-,40-,41-,49-/m0/s1. The number of hydrogen-bond acceptors (Lipinski definition) is 13. The normalized spacial score (nSPS) is 12.9. The Morgan fingerprint density at radius 2 is 1.28 bits per heavy atom. The first-order chi connectivity index (χ1) is 38.7. The highest BCUT2D eigenvalue weighted by Gasteiger charge is 2.39. The van der Waals surface area contributed by atoms with Crippen molar-refractivity contribution < 1.29 is 81.6 Å². The molecule has 0 fully saturated rings. The summed E-state index contributed by atoms with van der Waals surface area (Å²) >= 11 is 0. The van der Waals surface area contributed by atoms with Crippen LogP contribution in [0.5, 0.6) is 0 Å². The van der Waals surface area contributed by atoms with E-state index in [1.807, 2.05) is 12.1 Å². The summed E-state index contributed by atoms with van der Waals surface area (Å²) in [6.45, 7) is 3.78. The largest absolute Gasteiger partial charge is 0.481 e. The van der Waals surface area contributed by atoms with Crippen LogP contribution in [-0.2, 0) is 65.8 Å². The van der Waals surface area contributed by atoms with Gasteiger partial charge in [0, 0.05) is 55.6 Å². The van der Waals surface area contributed by atoms with Crippen LogP contribution in [0.3, 0.4) is 0 Å². The number of halogens is 2. The first kappa shape index (κ1) is 65.2. The fraction of sp³-hybridized carbons (Fsp3) is 0.400. The minimum atomic E-state index is -1.97. The Labute approximate surface area is 470 Å². The fourth-order valence-electron chi connectivity index (χ4n) is 8.34. The van der Waals surface area contributed by atoms with E-state index in [1.165, 1.54) is 11.8 Å². The van der Waals surface area contributed by atoms with E-state index in [9.17, 15) is 67.3 Å². The smallest absolute Gasteiger partial charge is 0.408 e. The van der Waals surface area contributed by atoms with Crippen LogP contribution in [-0.4, -0.2) is 147 Å². The van der Waals surface area contributed by atoms with Crippen molar-refractivity contribution in [2.75, 3.05) is 32.8 Å². The molecule has 0 aliphatic carbocycles. The van der Waals surface area contributed by atoms with E-state index in [4.69, 9.17) is 15.6 Å². The third kappa shape index (κ3) is 21.4. The molecule has 0 spiro atoms. The van der Waals surface area contributed by atoms with E-state index < -0.39 is 164 Å². The highest BCUT2D eigenvalue weighted by Crippen LogP contribution is 2.41. The minimum absolute atomic E-state index is 0.102. The maximum atomic E-state index is 15.4. The molecular formula is C55H68F2N10O15. The molecule has 1 aromatic heterocycles. The maximum absolute atomic E-state index is 15.4. The number of benzene rings is 3. The number of carboxylic acid groups (broad SMARTS) is 2. The fourth-order valence-corrected chi connectivity index (χ4v) is 8.34. The molecule has 442 valence electrons. The van der Waals surface area contributed by atoms with Gasteiger partial charge in [0.1, 0.15) is 49.0 Å². The van der Waals surface area contributed by atoms with Crippen LogP contribution in [0, 0.1) is 17.0 Å². The number of carbonyl (C=O) groups is 11. The molecule has 5 atom stereocenters. The van der Waals surface area contributed by atoms with Gasteiger partial charge in [-0.25, -0.2) is 13.6 Å². The van der Waals surface area contributed by atoms with Gasteiger partial charge in [-0.05, 0) is 54.2 Å². The lowest BCUT2D eigenvalue weighted by molar-refractivity contribution is -0.141. The molecule has 0 saturated carbocycles. The third-order valence-corrected chi connectivity index (χ3v) is 12.3. The van der Waals surface area contributed by atoms with Crippen molar-refractivity contribution in [1.82, 2.24) is 46.7 Å². The van der Waals surface area contributed by atoms with E-state index in [2.05, 4.69) is 37.2 Å². The van der Waals surface area contributed by atoms with Crippen LogP contribution >= 0.6 is 0 Å². The maximum Gasteiger partial charge on any atom is 0.408 e. The molecule has 3 aromatic carbocycles. The van der Waals surface area contributed by atoms with E-state index in [0.717, 1.165) is 23.8 Å². The van der Waals surface area contributed by atoms with Gasteiger partial charge in [0.25, 0.3) is 0 Å². The van der Waals surface area contributed by atoms with Crippen molar-refractivity contribution in [2.24, 2.45) is 11.1 Å². The molecular weight excluding hydrogens is 1080 g/mol. The molecule has 1 heterocycles. The molecule has 82 heavy (non-hydrogen) atoms. The Balaban J connectivity index is 1.66. The molecule has 0 aliphatic heterocycles. The zero-order valence-electron chi connectivity index (χ0n) is 45.5. The average Bonchev–Trinajstić information content (AvgIpc) is 4.06. The first-order valence-electron chi connectivity index (χ1n) is 25.8. The highest BCUT2D eigenvalue weighted by molar-refractivity contribution is 5.98. The van der Waals surface area contributed by atoms with Gasteiger partial charge in [-0.1, -0.05) is 81.4 Å². The summed E-state index contributed by atoms with van der Waals surface area (Å²) in [4.78, 5) is 143. The van der Waals surface area contributed by atoms with Crippen LogP contribution in [0.25, 0.3) is 11.1 Å². The van der Waals surface area contributed by atoms with Gasteiger partial charge < -0.3 is 72.5 Å². The molecule has 0 aliphatic rings. The highest BCUT2D eigenvalue weighted by atomic mass is 19.1. The van der Waals surface area contributed by atoms with Gasteiger partial charge in [-0.3, -0.25) is 47.9 Å². The Bertz CT molecular complexity index is 2920. The lowest BCUT2D eigenvalue weighted by Crippen LogP contribution is -2.59. The number of nitrogens with two attached hydrogens (primary N) is 1. The van der Waals surface area contributed by atoms with E-state index in [-0.39, 0.29) is 37.4 Å². The average molecular weight is 1150 g/mol. The Kier molecular flexibility index (Phi) is 25.1. The number of hydrogen-bond donors (Lipinski definition) is 11. The third-order valence-electron chi connectivity index (χ3n) is 12.3. The number of aliphatic hydroxyl groups excluding tert-OH is 1. The van der Waals surface area contributed by atoms with Crippen LogP contribution in [0.2, 0.25) is 0 Å². The number of nitrogens with one attached hydrogen (secondary N) is 7. The monoisotopic (exact) mass is 1150 g/mol. The minimum Gasteiger partial charge on any atom is -0.481 e. The zero-order valence-corrected chi connectivity index (χ0v) is 45.5. The van der Waals surface area contributed by atoms with Crippen LogP contribution < -0.4 is 43.0 Å². The Morgan fingerprint density at radius 3 is 1.88 bits per heavy atom. The van der Waals surface area contributed by atoms with Crippen molar-refractivity contribution in [3.8, 4) is 11.1 Å². The second-order valence-corrected chi connectivity index (χ2v) is 19.9. The van der Waals surface area contributed by atoms with Crippen molar-refractivity contribution in [3.05, 3.63) is 120 Å². The van der Waals surface area contributed by atoms with Gasteiger partial charge in [0.15, 0.2) is 0 Å². The second-order valence-electron chi connectivity index (χ2n) is 19.9. The molecule has 0 bridgehead atoms. The predicted molar refractivity (Wildman–Crippen MR) is 288 cm³/mol. The van der Waals surface area contributed by atoms with Crippen molar-refractivity contribution in [3.63, 3.8) is 0 Å². The summed E-state index contributed by atoms with van der Waals surface area (Å²) in [6, 6.07) is 13.9.